The van der Waals surface area contributed by atoms with Crippen molar-refractivity contribution in [2.24, 2.45) is 0 Å². The first-order chi connectivity index (χ1) is 10.7. The van der Waals surface area contributed by atoms with Gasteiger partial charge in [-0.05, 0) is 37.1 Å². The number of ether oxygens (including phenoxy) is 1. The lowest BCUT2D eigenvalue weighted by Gasteiger charge is -2.17. The summed E-state index contributed by atoms with van der Waals surface area (Å²) >= 11 is 0. The van der Waals surface area contributed by atoms with Crippen LogP contribution in [0.5, 0.6) is 0 Å². The topological polar surface area (TPSA) is 82.4 Å². The number of carbonyl (C=O) groups excluding carboxylic acids is 2. The molecule has 114 valence electrons. The number of benzene rings is 1. The van der Waals surface area contributed by atoms with Crippen LogP contribution in [-0.2, 0) is 14.3 Å². The lowest BCUT2D eigenvalue weighted by Crippen LogP contribution is -2.41. The molecule has 2 aliphatic rings. The standard InChI is InChI=1S/C16H17N3O3/c17-9-11-3-5-12(6-4-11)19-15(20)8-14(16(19)21)18-10-13-2-1-7-22-13/h3-6,13-14,18H,1-2,7-8,10H2. The SMILES string of the molecule is N#Cc1ccc(N2C(=O)CC(NCC3CCCO3)C2=O)cc1. The molecule has 6 nitrogen and oxygen atoms in total. The molecule has 22 heavy (non-hydrogen) atoms. The van der Waals surface area contributed by atoms with E-state index in [4.69, 9.17) is 10.00 Å². The number of amides is 2. The summed E-state index contributed by atoms with van der Waals surface area (Å²) in [6, 6.07) is 7.96. The molecule has 0 aliphatic carbocycles. The van der Waals surface area contributed by atoms with Crippen LogP contribution in [0.3, 0.4) is 0 Å². The van der Waals surface area contributed by atoms with Crippen LogP contribution >= 0.6 is 0 Å². The number of hydrogen-bond donors (Lipinski definition) is 1. The van der Waals surface area contributed by atoms with E-state index in [0.29, 0.717) is 17.8 Å². The molecule has 3 rings (SSSR count). The molecule has 0 bridgehead atoms. The van der Waals surface area contributed by atoms with Crippen molar-refractivity contribution in [1.29, 1.82) is 5.26 Å². The van der Waals surface area contributed by atoms with Crippen LogP contribution in [0.15, 0.2) is 24.3 Å². The molecule has 1 N–H and O–H groups in total. The highest BCUT2D eigenvalue weighted by Gasteiger charge is 2.39. The molecule has 2 saturated heterocycles. The van der Waals surface area contributed by atoms with E-state index in [0.717, 1.165) is 19.4 Å². The van der Waals surface area contributed by atoms with E-state index in [1.54, 1.807) is 24.3 Å². The molecule has 2 amide bonds. The summed E-state index contributed by atoms with van der Waals surface area (Å²) in [5, 5.41) is 11.9. The van der Waals surface area contributed by atoms with Gasteiger partial charge in [-0.25, -0.2) is 4.90 Å². The van der Waals surface area contributed by atoms with E-state index in [-0.39, 0.29) is 24.3 Å². The minimum Gasteiger partial charge on any atom is -0.377 e. The van der Waals surface area contributed by atoms with Gasteiger partial charge in [0, 0.05) is 13.2 Å². The number of hydrogen-bond acceptors (Lipinski definition) is 5. The van der Waals surface area contributed by atoms with E-state index >= 15 is 0 Å². The average Bonchev–Trinajstić information content (AvgIpc) is 3.14. The molecule has 1 aromatic rings. The molecule has 2 atom stereocenters. The zero-order valence-electron chi connectivity index (χ0n) is 12.1. The maximum Gasteiger partial charge on any atom is 0.251 e. The molecule has 2 aliphatic heterocycles. The molecule has 0 spiro atoms. The van der Waals surface area contributed by atoms with Crippen LogP contribution in [0.25, 0.3) is 0 Å². The Kier molecular flexibility index (Phi) is 4.18. The Morgan fingerprint density at radius 2 is 2.09 bits per heavy atom. The maximum absolute atomic E-state index is 12.4. The highest BCUT2D eigenvalue weighted by Crippen LogP contribution is 2.23. The van der Waals surface area contributed by atoms with Gasteiger partial charge >= 0.3 is 0 Å². The third-order valence-electron chi connectivity index (χ3n) is 4.02. The van der Waals surface area contributed by atoms with E-state index in [9.17, 15) is 9.59 Å². The number of nitrogens with zero attached hydrogens (tertiary/aromatic N) is 2. The summed E-state index contributed by atoms with van der Waals surface area (Å²) in [5.41, 5.74) is 1.01. The van der Waals surface area contributed by atoms with Crippen molar-refractivity contribution in [3.63, 3.8) is 0 Å². The Balaban J connectivity index is 1.66. The summed E-state index contributed by atoms with van der Waals surface area (Å²) < 4.78 is 5.51. The fourth-order valence-electron chi connectivity index (χ4n) is 2.83. The van der Waals surface area contributed by atoms with Gasteiger partial charge in [0.05, 0.1) is 35.9 Å². The predicted molar refractivity (Wildman–Crippen MR) is 79.0 cm³/mol. The fourth-order valence-corrected chi connectivity index (χ4v) is 2.83. The third kappa shape index (κ3) is 2.86. The van der Waals surface area contributed by atoms with Crippen molar-refractivity contribution in [1.82, 2.24) is 5.32 Å². The first-order valence-electron chi connectivity index (χ1n) is 7.41. The lowest BCUT2D eigenvalue weighted by molar-refractivity contribution is -0.121. The third-order valence-corrected chi connectivity index (χ3v) is 4.02. The molecular weight excluding hydrogens is 282 g/mol. The van der Waals surface area contributed by atoms with Crippen molar-refractivity contribution < 1.29 is 14.3 Å². The molecule has 2 fully saturated rings. The van der Waals surface area contributed by atoms with Crippen LogP contribution in [-0.4, -0.2) is 37.1 Å². The van der Waals surface area contributed by atoms with Gasteiger partial charge in [-0.15, -0.1) is 0 Å². The molecule has 0 radical (unpaired) electrons. The molecular formula is C16H17N3O3. The largest absolute Gasteiger partial charge is 0.377 e. The minimum atomic E-state index is -0.493. The summed E-state index contributed by atoms with van der Waals surface area (Å²) in [6.07, 6.45) is 2.32. The molecule has 2 heterocycles. The van der Waals surface area contributed by atoms with Gasteiger partial charge in [0.2, 0.25) is 5.91 Å². The molecule has 0 aromatic heterocycles. The first-order valence-corrected chi connectivity index (χ1v) is 7.41. The highest BCUT2D eigenvalue weighted by molar-refractivity contribution is 6.22. The number of nitriles is 1. The van der Waals surface area contributed by atoms with Crippen molar-refractivity contribution in [3.05, 3.63) is 29.8 Å². The normalized spacial score (nSPS) is 24.8. The van der Waals surface area contributed by atoms with Gasteiger partial charge in [0.15, 0.2) is 0 Å². The zero-order chi connectivity index (χ0) is 15.5. The van der Waals surface area contributed by atoms with Gasteiger partial charge in [-0.2, -0.15) is 5.26 Å². The van der Waals surface area contributed by atoms with Crippen molar-refractivity contribution in [2.45, 2.75) is 31.4 Å². The summed E-state index contributed by atoms with van der Waals surface area (Å²) in [7, 11) is 0. The van der Waals surface area contributed by atoms with E-state index in [2.05, 4.69) is 5.32 Å². The fraction of sp³-hybridized carbons (Fsp3) is 0.438. The summed E-state index contributed by atoms with van der Waals surface area (Å²) in [4.78, 5) is 25.7. The lowest BCUT2D eigenvalue weighted by atomic mass is 10.2. The van der Waals surface area contributed by atoms with Crippen molar-refractivity contribution >= 4 is 17.5 Å². The Bertz CT molecular complexity index is 615. The molecule has 1 aromatic carbocycles. The molecule has 2 unspecified atom stereocenters. The number of anilines is 1. The van der Waals surface area contributed by atoms with Gasteiger partial charge in [0.1, 0.15) is 0 Å². The maximum atomic E-state index is 12.4. The Morgan fingerprint density at radius 1 is 1.32 bits per heavy atom. The van der Waals surface area contributed by atoms with Gasteiger partial charge in [0.25, 0.3) is 5.91 Å². The second-order valence-electron chi connectivity index (χ2n) is 5.53. The molecule has 0 saturated carbocycles. The Morgan fingerprint density at radius 3 is 2.73 bits per heavy atom. The van der Waals surface area contributed by atoms with Crippen LogP contribution in [0, 0.1) is 11.3 Å². The zero-order valence-corrected chi connectivity index (χ0v) is 12.1. The number of imide groups is 1. The average molecular weight is 299 g/mol. The van der Waals surface area contributed by atoms with Crippen LogP contribution in [0.1, 0.15) is 24.8 Å². The van der Waals surface area contributed by atoms with Crippen molar-refractivity contribution in [2.75, 3.05) is 18.1 Å². The highest BCUT2D eigenvalue weighted by atomic mass is 16.5. The van der Waals surface area contributed by atoms with Crippen LogP contribution in [0.2, 0.25) is 0 Å². The quantitative estimate of drug-likeness (QED) is 0.837. The van der Waals surface area contributed by atoms with Gasteiger partial charge < -0.3 is 10.1 Å². The second-order valence-corrected chi connectivity index (χ2v) is 5.53. The van der Waals surface area contributed by atoms with E-state index < -0.39 is 6.04 Å². The Labute approximate surface area is 128 Å². The minimum absolute atomic E-state index is 0.131. The first kappa shape index (κ1) is 14.7. The smallest absolute Gasteiger partial charge is 0.251 e. The summed E-state index contributed by atoms with van der Waals surface area (Å²) in [5.74, 6) is -0.466. The predicted octanol–water partition coefficient (Wildman–Crippen LogP) is 0.959. The van der Waals surface area contributed by atoms with Gasteiger partial charge in [-0.1, -0.05) is 0 Å². The van der Waals surface area contributed by atoms with Crippen LogP contribution < -0.4 is 10.2 Å². The van der Waals surface area contributed by atoms with Crippen LogP contribution in [0.4, 0.5) is 5.69 Å². The molecule has 6 heteroatoms. The summed E-state index contributed by atoms with van der Waals surface area (Å²) in [6.45, 7) is 1.35. The van der Waals surface area contributed by atoms with E-state index in [1.165, 1.54) is 4.90 Å². The van der Waals surface area contributed by atoms with Crippen molar-refractivity contribution in [3.8, 4) is 6.07 Å². The van der Waals surface area contributed by atoms with Gasteiger partial charge in [-0.3, -0.25) is 9.59 Å². The number of nitrogens with one attached hydrogen (secondary N) is 1. The van der Waals surface area contributed by atoms with E-state index in [1.807, 2.05) is 6.07 Å². The number of carbonyl (C=O) groups is 2. The monoisotopic (exact) mass is 299 g/mol. The Hall–Kier alpha value is -2.23. The number of rotatable bonds is 4. The second kappa shape index (κ2) is 6.26.